The summed E-state index contributed by atoms with van der Waals surface area (Å²) in [7, 11) is 0. The van der Waals surface area contributed by atoms with Gasteiger partial charge in [-0.2, -0.15) is 0 Å². The lowest BCUT2D eigenvalue weighted by Crippen LogP contribution is -2.15. The molecular weight excluding hydrogens is 408 g/mol. The van der Waals surface area contributed by atoms with Crippen molar-refractivity contribution in [1.29, 1.82) is 0 Å². The molecule has 32 heavy (non-hydrogen) atoms. The first-order valence-electron chi connectivity index (χ1n) is 9.94. The van der Waals surface area contributed by atoms with Gasteiger partial charge in [0.2, 0.25) is 18.5 Å². The Morgan fingerprint density at radius 1 is 0.844 bits per heavy atom. The average molecular weight is 426 g/mol. The molecule has 5 rings (SSSR count). The average Bonchev–Trinajstić information content (AvgIpc) is 3.43. The van der Waals surface area contributed by atoms with Crippen molar-refractivity contribution in [2.45, 2.75) is 0 Å². The van der Waals surface area contributed by atoms with E-state index in [9.17, 15) is 9.59 Å². The van der Waals surface area contributed by atoms with E-state index >= 15 is 0 Å². The molecule has 1 aliphatic heterocycles. The van der Waals surface area contributed by atoms with E-state index in [4.69, 9.17) is 13.9 Å². The van der Waals surface area contributed by atoms with Crippen LogP contribution in [0.25, 0.3) is 17.0 Å². The molecule has 0 fully saturated rings. The lowest BCUT2D eigenvalue weighted by Gasteiger charge is -2.06. The van der Waals surface area contributed by atoms with Crippen molar-refractivity contribution in [2.24, 2.45) is 0 Å². The smallest absolute Gasteiger partial charge is 0.293 e. The van der Waals surface area contributed by atoms with E-state index in [1.54, 1.807) is 48.5 Å². The first kappa shape index (κ1) is 19.4. The van der Waals surface area contributed by atoms with Gasteiger partial charge in [-0.1, -0.05) is 36.4 Å². The summed E-state index contributed by atoms with van der Waals surface area (Å²) < 4.78 is 16.4. The number of fused-ring (bicyclic) bond motifs is 2. The Balaban J connectivity index is 1.39. The van der Waals surface area contributed by atoms with E-state index in [-0.39, 0.29) is 12.6 Å². The van der Waals surface area contributed by atoms with E-state index in [2.05, 4.69) is 10.6 Å². The van der Waals surface area contributed by atoms with Gasteiger partial charge < -0.3 is 24.5 Å². The Morgan fingerprint density at radius 3 is 2.50 bits per heavy atom. The Labute approximate surface area is 183 Å². The van der Waals surface area contributed by atoms with Crippen molar-refractivity contribution in [1.82, 2.24) is 0 Å². The second kappa shape index (κ2) is 8.31. The van der Waals surface area contributed by atoms with Gasteiger partial charge in [-0.3, -0.25) is 9.59 Å². The number of anilines is 2. The number of benzene rings is 3. The fraction of sp³-hybridized carbons (Fsp3) is 0.0400. The standard InChI is InChI=1S/C25H18N2O5/c28-22(13-11-16-10-12-20-21(14-16)31-15-30-20)27-23-18-8-4-5-9-19(18)32-24(23)25(29)26-17-6-2-1-3-7-17/h1-14H,15H2,(H,26,29)(H,27,28). The van der Waals surface area contributed by atoms with E-state index in [0.29, 0.717) is 33.8 Å². The number of nitrogens with one attached hydrogen (secondary N) is 2. The number of para-hydroxylation sites is 2. The molecule has 2 amide bonds. The molecule has 0 radical (unpaired) electrons. The molecule has 0 saturated heterocycles. The number of amides is 2. The number of hydrogen-bond acceptors (Lipinski definition) is 5. The molecule has 2 heterocycles. The largest absolute Gasteiger partial charge is 0.454 e. The minimum atomic E-state index is -0.456. The monoisotopic (exact) mass is 426 g/mol. The highest BCUT2D eigenvalue weighted by atomic mass is 16.7. The number of ether oxygens (including phenoxy) is 2. The van der Waals surface area contributed by atoms with Gasteiger partial charge in [-0.25, -0.2) is 0 Å². The number of hydrogen-bond donors (Lipinski definition) is 2. The van der Waals surface area contributed by atoms with Crippen molar-refractivity contribution in [3.8, 4) is 11.5 Å². The van der Waals surface area contributed by atoms with Crippen molar-refractivity contribution in [3.63, 3.8) is 0 Å². The van der Waals surface area contributed by atoms with E-state index < -0.39 is 11.8 Å². The zero-order valence-electron chi connectivity index (χ0n) is 16.8. The van der Waals surface area contributed by atoms with Crippen LogP contribution in [0.2, 0.25) is 0 Å². The molecule has 4 aromatic rings. The molecular formula is C25H18N2O5. The molecule has 0 saturated carbocycles. The SMILES string of the molecule is O=C(C=Cc1ccc2c(c1)OCO2)Nc1c(C(=O)Nc2ccccc2)oc2ccccc12. The molecule has 1 aliphatic rings. The summed E-state index contributed by atoms with van der Waals surface area (Å²) in [6.07, 6.45) is 3.04. The van der Waals surface area contributed by atoms with Crippen molar-refractivity contribution >= 4 is 40.2 Å². The third-order valence-electron chi connectivity index (χ3n) is 4.91. The number of carbonyl (C=O) groups is 2. The van der Waals surface area contributed by atoms with Gasteiger partial charge in [0.05, 0.1) is 0 Å². The summed E-state index contributed by atoms with van der Waals surface area (Å²) >= 11 is 0. The van der Waals surface area contributed by atoms with Crippen molar-refractivity contribution < 1.29 is 23.5 Å². The molecule has 158 valence electrons. The van der Waals surface area contributed by atoms with E-state index in [0.717, 1.165) is 5.56 Å². The van der Waals surface area contributed by atoms with E-state index in [1.165, 1.54) is 6.08 Å². The quantitative estimate of drug-likeness (QED) is 0.435. The first-order chi connectivity index (χ1) is 15.7. The number of rotatable bonds is 5. The summed E-state index contributed by atoms with van der Waals surface area (Å²) in [5.74, 6) is 0.476. The topological polar surface area (TPSA) is 89.8 Å². The van der Waals surface area contributed by atoms with Crippen LogP contribution in [0.4, 0.5) is 11.4 Å². The third kappa shape index (κ3) is 3.91. The molecule has 0 bridgehead atoms. The van der Waals surface area contributed by atoms with Gasteiger partial charge >= 0.3 is 0 Å². The molecule has 1 aromatic heterocycles. The maximum absolute atomic E-state index is 12.9. The zero-order valence-corrected chi connectivity index (χ0v) is 16.8. The van der Waals surface area contributed by atoms with Gasteiger partial charge in [0.1, 0.15) is 11.3 Å². The van der Waals surface area contributed by atoms with Crippen LogP contribution in [0.5, 0.6) is 11.5 Å². The van der Waals surface area contributed by atoms with Crippen LogP contribution in [0.15, 0.2) is 83.3 Å². The van der Waals surface area contributed by atoms with Gasteiger partial charge in [-0.15, -0.1) is 0 Å². The van der Waals surface area contributed by atoms with Crippen LogP contribution in [0.3, 0.4) is 0 Å². The van der Waals surface area contributed by atoms with Gasteiger partial charge in [0.15, 0.2) is 11.5 Å². The Morgan fingerprint density at radius 2 is 1.62 bits per heavy atom. The highest BCUT2D eigenvalue weighted by Gasteiger charge is 2.22. The summed E-state index contributed by atoms with van der Waals surface area (Å²) in [4.78, 5) is 25.5. The van der Waals surface area contributed by atoms with E-state index in [1.807, 2.05) is 30.3 Å². The summed E-state index contributed by atoms with van der Waals surface area (Å²) in [6.45, 7) is 0.185. The molecule has 2 N–H and O–H groups in total. The fourth-order valence-corrected chi connectivity index (χ4v) is 3.39. The lowest BCUT2D eigenvalue weighted by molar-refractivity contribution is -0.111. The number of carbonyl (C=O) groups excluding carboxylic acids is 2. The molecule has 3 aromatic carbocycles. The van der Waals surface area contributed by atoms with Gasteiger partial charge in [0.25, 0.3) is 5.91 Å². The second-order valence-corrected chi connectivity index (χ2v) is 7.06. The maximum atomic E-state index is 12.9. The van der Waals surface area contributed by atoms with Gasteiger partial charge in [-0.05, 0) is 48.0 Å². The highest BCUT2D eigenvalue weighted by Crippen LogP contribution is 2.33. The molecule has 7 heteroatoms. The third-order valence-corrected chi connectivity index (χ3v) is 4.91. The molecule has 7 nitrogen and oxygen atoms in total. The Hall–Kier alpha value is -4.52. The highest BCUT2D eigenvalue weighted by molar-refractivity contribution is 6.16. The predicted molar refractivity (Wildman–Crippen MR) is 121 cm³/mol. The van der Waals surface area contributed by atoms with Crippen LogP contribution in [-0.2, 0) is 4.79 Å². The lowest BCUT2D eigenvalue weighted by atomic mass is 10.2. The normalized spacial score (nSPS) is 12.2. The molecule has 0 spiro atoms. The van der Waals surface area contributed by atoms with Gasteiger partial charge in [0, 0.05) is 17.1 Å². The Kier molecular flexibility index (Phi) is 5.05. The summed E-state index contributed by atoms with van der Waals surface area (Å²) in [5.41, 5.74) is 2.22. The second-order valence-electron chi connectivity index (χ2n) is 7.06. The predicted octanol–water partition coefficient (Wildman–Crippen LogP) is 5.07. The number of furan rings is 1. The molecule has 0 atom stereocenters. The van der Waals surface area contributed by atoms with Crippen molar-refractivity contribution in [3.05, 3.63) is 90.2 Å². The molecule has 0 unspecified atom stereocenters. The minimum absolute atomic E-state index is 0.0277. The fourth-order valence-electron chi connectivity index (χ4n) is 3.39. The van der Waals surface area contributed by atoms with Crippen LogP contribution >= 0.6 is 0 Å². The van der Waals surface area contributed by atoms with Crippen LogP contribution < -0.4 is 20.1 Å². The summed E-state index contributed by atoms with van der Waals surface area (Å²) in [6, 6.07) is 21.6. The summed E-state index contributed by atoms with van der Waals surface area (Å²) in [5, 5.41) is 6.21. The molecule has 0 aliphatic carbocycles. The van der Waals surface area contributed by atoms with Crippen LogP contribution in [-0.4, -0.2) is 18.6 Å². The maximum Gasteiger partial charge on any atom is 0.293 e. The van der Waals surface area contributed by atoms with Crippen molar-refractivity contribution in [2.75, 3.05) is 17.4 Å². The zero-order chi connectivity index (χ0) is 21.9. The van der Waals surface area contributed by atoms with Crippen LogP contribution in [0, 0.1) is 0 Å². The minimum Gasteiger partial charge on any atom is -0.454 e. The Bertz CT molecular complexity index is 1340. The van der Waals surface area contributed by atoms with Crippen LogP contribution in [0.1, 0.15) is 16.1 Å². The first-order valence-corrected chi connectivity index (χ1v) is 9.94.